The first kappa shape index (κ1) is 13.4. The zero-order valence-electron chi connectivity index (χ0n) is 9.11. The average molecular weight is 256 g/mol. The fourth-order valence-electron chi connectivity index (χ4n) is 1.11. The molecule has 0 aliphatic carbocycles. The van der Waals surface area contributed by atoms with Crippen LogP contribution in [0.5, 0.6) is 0 Å². The number of hydrogen-bond acceptors (Lipinski definition) is 4. The summed E-state index contributed by atoms with van der Waals surface area (Å²) in [6.45, 7) is 0.744. The molecule has 0 radical (unpaired) electrons. The number of hydrogen-bond donors (Lipinski definition) is 4. The van der Waals surface area contributed by atoms with E-state index >= 15 is 0 Å². The van der Waals surface area contributed by atoms with Gasteiger partial charge in [0.1, 0.15) is 0 Å². The molecule has 6 N–H and O–H groups in total. The van der Waals surface area contributed by atoms with E-state index in [0.29, 0.717) is 23.7 Å². The van der Waals surface area contributed by atoms with E-state index in [4.69, 9.17) is 23.2 Å². The number of rotatable bonds is 3. The Morgan fingerprint density at radius 1 is 1.47 bits per heavy atom. The first-order valence-corrected chi connectivity index (χ1v) is 5.33. The lowest BCUT2D eigenvalue weighted by molar-refractivity contribution is 0.0975. The molecule has 0 spiro atoms. The molecule has 7 heteroatoms. The molecule has 1 aromatic rings. The van der Waals surface area contributed by atoms with Gasteiger partial charge in [0.15, 0.2) is 0 Å². The molecule has 1 rings (SSSR count). The number of carbonyl (C=O) groups is 1. The summed E-state index contributed by atoms with van der Waals surface area (Å²) in [5, 5.41) is 2.99. The van der Waals surface area contributed by atoms with Crippen LogP contribution in [0, 0.1) is 0 Å². The number of carbonyl (C=O) groups excluding carboxylic acids is 1. The van der Waals surface area contributed by atoms with Crippen molar-refractivity contribution in [2.24, 2.45) is 16.6 Å². The van der Waals surface area contributed by atoms with Crippen molar-refractivity contribution in [1.82, 2.24) is 10.7 Å². The quantitative estimate of drug-likeness (QED) is 0.261. The maximum Gasteiger partial charge on any atom is 0.258 e. The van der Waals surface area contributed by atoms with Crippen LogP contribution in [0.1, 0.15) is 10.4 Å². The van der Waals surface area contributed by atoms with Gasteiger partial charge in [-0.15, -0.1) is 0 Å². The average Bonchev–Trinajstić information content (AvgIpc) is 2.34. The zero-order chi connectivity index (χ0) is 12.7. The molecule has 0 bridgehead atoms. The molecule has 0 fully saturated rings. The van der Waals surface area contributed by atoms with Crippen molar-refractivity contribution in [3.05, 3.63) is 34.9 Å². The Morgan fingerprint density at radius 2 is 2.24 bits per heavy atom. The summed E-state index contributed by atoms with van der Waals surface area (Å²) in [4.78, 5) is 15.7. The number of nitrogens with two attached hydrogens (primary N) is 2. The van der Waals surface area contributed by atoms with Gasteiger partial charge in [-0.25, -0.2) is 5.84 Å². The van der Waals surface area contributed by atoms with E-state index < -0.39 is 0 Å². The highest BCUT2D eigenvalue weighted by Gasteiger charge is 2.07. The molecule has 17 heavy (non-hydrogen) atoms. The lowest BCUT2D eigenvalue weighted by Crippen LogP contribution is -2.44. The molecule has 1 amide bonds. The van der Waals surface area contributed by atoms with Crippen molar-refractivity contribution in [1.29, 1.82) is 0 Å². The maximum atomic E-state index is 11.8. The Kier molecular flexibility index (Phi) is 5.41. The number of benzene rings is 1. The van der Waals surface area contributed by atoms with E-state index in [2.05, 4.69) is 15.7 Å². The molecule has 0 saturated carbocycles. The fraction of sp³-hybridized carbons (Fsp3) is 0.200. The summed E-state index contributed by atoms with van der Waals surface area (Å²) in [6.07, 6.45) is 0. The van der Waals surface area contributed by atoms with E-state index in [9.17, 15) is 4.79 Å². The largest absolute Gasteiger partial charge is 0.329 e. The number of guanidine groups is 1. The molecule has 0 atom stereocenters. The zero-order valence-corrected chi connectivity index (χ0v) is 9.87. The second kappa shape index (κ2) is 6.85. The Morgan fingerprint density at radius 3 is 2.82 bits per heavy atom. The molecular weight excluding hydrogens is 242 g/mol. The minimum absolute atomic E-state index is 0.167. The van der Waals surface area contributed by atoms with E-state index in [1.54, 1.807) is 24.3 Å². The number of nitrogens with one attached hydrogen (secondary N) is 2. The van der Waals surface area contributed by atoms with Crippen LogP contribution in [0.15, 0.2) is 29.3 Å². The number of amides is 1. The summed E-state index contributed by atoms with van der Waals surface area (Å²) in [6, 6.07) is 6.55. The second-order valence-electron chi connectivity index (χ2n) is 3.13. The summed E-state index contributed by atoms with van der Waals surface area (Å²) < 4.78 is 0. The van der Waals surface area contributed by atoms with E-state index in [0.717, 1.165) is 0 Å². The van der Waals surface area contributed by atoms with Crippen molar-refractivity contribution >= 4 is 23.5 Å². The molecule has 0 saturated heterocycles. The van der Waals surface area contributed by atoms with Crippen LogP contribution in [-0.4, -0.2) is 25.0 Å². The van der Waals surface area contributed by atoms with E-state index in [-0.39, 0.29) is 11.9 Å². The molecule has 0 aliphatic heterocycles. The highest BCUT2D eigenvalue weighted by molar-refractivity contribution is 6.31. The van der Waals surface area contributed by atoms with E-state index in [1.807, 2.05) is 0 Å². The predicted molar refractivity (Wildman–Crippen MR) is 67.6 cm³/mol. The third kappa shape index (κ3) is 4.39. The molecular formula is C10H14ClN5O. The van der Waals surface area contributed by atoms with Gasteiger partial charge in [-0.1, -0.05) is 17.7 Å². The lowest BCUT2D eigenvalue weighted by atomic mass is 10.2. The summed E-state index contributed by atoms with van der Waals surface area (Å²) >= 11 is 5.78. The molecule has 0 heterocycles. The maximum absolute atomic E-state index is 11.8. The van der Waals surface area contributed by atoms with E-state index in [1.165, 1.54) is 0 Å². The normalized spacial score (nSPS) is 11.1. The fourth-order valence-corrected chi connectivity index (χ4v) is 1.30. The van der Waals surface area contributed by atoms with Crippen LogP contribution in [0.2, 0.25) is 5.02 Å². The van der Waals surface area contributed by atoms with Crippen LogP contribution in [-0.2, 0) is 0 Å². The van der Waals surface area contributed by atoms with Gasteiger partial charge in [-0.05, 0) is 18.2 Å². The van der Waals surface area contributed by atoms with Gasteiger partial charge in [0.2, 0.25) is 5.96 Å². The predicted octanol–water partition coefficient (Wildman–Crippen LogP) is -0.152. The molecule has 0 unspecified atom stereocenters. The van der Waals surface area contributed by atoms with Crippen molar-refractivity contribution in [2.75, 3.05) is 13.1 Å². The third-order valence-electron chi connectivity index (χ3n) is 1.85. The van der Waals surface area contributed by atoms with Crippen molar-refractivity contribution in [3.8, 4) is 0 Å². The molecule has 0 aromatic heterocycles. The standard InChI is InChI=1S/C10H14ClN5O/c11-8-3-1-2-7(6-8)9(17)15-10(16-13)14-5-4-12/h1-3,6H,4-5,12-13H2,(H2,14,15,16,17). The smallest absolute Gasteiger partial charge is 0.258 e. The second-order valence-corrected chi connectivity index (χ2v) is 3.56. The Bertz CT molecular complexity index is 421. The number of nitrogens with zero attached hydrogens (tertiary/aromatic N) is 1. The molecule has 0 aliphatic rings. The summed E-state index contributed by atoms with van der Waals surface area (Å²) in [5.41, 5.74) is 7.99. The van der Waals surface area contributed by atoms with Gasteiger partial charge in [0, 0.05) is 17.1 Å². The molecule has 92 valence electrons. The monoisotopic (exact) mass is 255 g/mol. The summed E-state index contributed by atoms with van der Waals surface area (Å²) in [7, 11) is 0. The van der Waals surface area contributed by atoms with Gasteiger partial charge >= 0.3 is 0 Å². The van der Waals surface area contributed by atoms with Gasteiger partial charge in [0.05, 0.1) is 6.54 Å². The highest BCUT2D eigenvalue weighted by Crippen LogP contribution is 2.10. The SMILES string of the molecule is NCCN=C(NN)NC(=O)c1cccc(Cl)c1. The van der Waals surface area contributed by atoms with Crippen LogP contribution in [0.3, 0.4) is 0 Å². The molecule has 1 aromatic carbocycles. The lowest BCUT2D eigenvalue weighted by Gasteiger charge is -2.07. The van der Waals surface area contributed by atoms with Crippen molar-refractivity contribution in [3.63, 3.8) is 0 Å². The number of hydrazine groups is 1. The minimum atomic E-state index is -0.346. The van der Waals surface area contributed by atoms with Gasteiger partial charge in [0.25, 0.3) is 5.91 Å². The molecule has 6 nitrogen and oxygen atoms in total. The number of aliphatic imine (C=N–C) groups is 1. The Hall–Kier alpha value is -1.63. The Labute approximate surface area is 104 Å². The van der Waals surface area contributed by atoms with Gasteiger partial charge in [-0.3, -0.25) is 20.5 Å². The van der Waals surface area contributed by atoms with Crippen LogP contribution in [0.25, 0.3) is 0 Å². The van der Waals surface area contributed by atoms with Gasteiger partial charge < -0.3 is 5.73 Å². The van der Waals surface area contributed by atoms with Crippen LogP contribution in [0.4, 0.5) is 0 Å². The topological polar surface area (TPSA) is 106 Å². The summed E-state index contributed by atoms with van der Waals surface area (Å²) in [5.74, 6) is 5.03. The van der Waals surface area contributed by atoms with Crippen molar-refractivity contribution < 1.29 is 4.79 Å². The van der Waals surface area contributed by atoms with Gasteiger partial charge in [-0.2, -0.15) is 0 Å². The first-order chi connectivity index (χ1) is 8.17. The van der Waals surface area contributed by atoms with Crippen molar-refractivity contribution in [2.45, 2.75) is 0 Å². The Balaban J connectivity index is 2.71. The van der Waals surface area contributed by atoms with Crippen LogP contribution < -0.4 is 22.3 Å². The van der Waals surface area contributed by atoms with Crippen LogP contribution >= 0.6 is 11.6 Å². The first-order valence-electron chi connectivity index (χ1n) is 4.95. The number of halogens is 1. The minimum Gasteiger partial charge on any atom is -0.329 e. The third-order valence-corrected chi connectivity index (χ3v) is 2.09. The highest BCUT2D eigenvalue weighted by atomic mass is 35.5.